The lowest BCUT2D eigenvalue weighted by atomic mass is 9.99. The zero-order chi connectivity index (χ0) is 13.0. The molecule has 0 bridgehead atoms. The number of likely N-dealkylation sites (N-methyl/N-ethyl adjacent to an activating group) is 1. The van der Waals surface area contributed by atoms with Crippen LogP contribution in [0.1, 0.15) is 40.0 Å². The van der Waals surface area contributed by atoms with E-state index in [0.717, 1.165) is 25.8 Å². The summed E-state index contributed by atoms with van der Waals surface area (Å²) in [6.07, 6.45) is 3.07. The van der Waals surface area contributed by atoms with E-state index in [4.69, 9.17) is 0 Å². The quantitative estimate of drug-likeness (QED) is 0.743. The maximum atomic E-state index is 12.0. The Labute approximate surface area is 104 Å². The lowest BCUT2D eigenvalue weighted by Gasteiger charge is -2.35. The summed E-state index contributed by atoms with van der Waals surface area (Å²) in [4.78, 5) is 27.3. The average molecular weight is 240 g/mol. The van der Waals surface area contributed by atoms with Gasteiger partial charge >= 0.3 is 0 Å². The summed E-state index contributed by atoms with van der Waals surface area (Å²) >= 11 is 0. The number of carbonyl (C=O) groups is 2. The Bertz CT molecular complexity index is 289. The Balaban J connectivity index is 2.59. The predicted molar refractivity (Wildman–Crippen MR) is 67.8 cm³/mol. The number of hydrogen-bond donors (Lipinski definition) is 0. The van der Waals surface area contributed by atoms with Gasteiger partial charge in [0, 0.05) is 13.1 Å². The summed E-state index contributed by atoms with van der Waals surface area (Å²) in [6.45, 7) is 6.85. The van der Waals surface area contributed by atoms with Gasteiger partial charge in [-0.1, -0.05) is 6.42 Å². The van der Waals surface area contributed by atoms with E-state index in [1.165, 1.54) is 0 Å². The second-order valence-electron chi connectivity index (χ2n) is 5.19. The summed E-state index contributed by atoms with van der Waals surface area (Å²) in [5.74, 6) is 0.290. The van der Waals surface area contributed by atoms with Crippen LogP contribution in [0.4, 0.5) is 0 Å². The molecule has 1 fully saturated rings. The van der Waals surface area contributed by atoms with Crippen LogP contribution in [0.25, 0.3) is 0 Å². The molecule has 0 aromatic carbocycles. The van der Waals surface area contributed by atoms with Crippen molar-refractivity contribution in [1.29, 1.82) is 0 Å². The fourth-order valence-corrected chi connectivity index (χ4v) is 2.21. The molecule has 1 heterocycles. The maximum Gasteiger partial charge on any atom is 0.236 e. The van der Waals surface area contributed by atoms with Crippen molar-refractivity contribution in [2.45, 2.75) is 52.1 Å². The molecule has 0 radical (unpaired) electrons. The summed E-state index contributed by atoms with van der Waals surface area (Å²) < 4.78 is 0. The van der Waals surface area contributed by atoms with Crippen LogP contribution in [0.5, 0.6) is 0 Å². The zero-order valence-electron chi connectivity index (χ0n) is 11.4. The summed E-state index contributed by atoms with van der Waals surface area (Å²) in [7, 11) is 1.82. The minimum absolute atomic E-state index is 0.0479. The van der Waals surface area contributed by atoms with Crippen molar-refractivity contribution in [3.05, 3.63) is 0 Å². The molecule has 0 aromatic rings. The van der Waals surface area contributed by atoms with Gasteiger partial charge in [0.05, 0.1) is 12.6 Å². The van der Waals surface area contributed by atoms with E-state index < -0.39 is 0 Å². The van der Waals surface area contributed by atoms with Crippen molar-refractivity contribution in [3.8, 4) is 0 Å². The third-order valence-electron chi connectivity index (χ3n) is 3.59. The molecule has 4 heteroatoms. The van der Waals surface area contributed by atoms with Crippen LogP contribution in [-0.2, 0) is 9.59 Å². The molecular weight excluding hydrogens is 216 g/mol. The highest BCUT2D eigenvalue weighted by Crippen LogP contribution is 2.17. The molecule has 0 N–H and O–H groups in total. The monoisotopic (exact) mass is 240 g/mol. The van der Waals surface area contributed by atoms with Gasteiger partial charge in [-0.3, -0.25) is 14.5 Å². The van der Waals surface area contributed by atoms with Crippen LogP contribution in [0, 0.1) is 0 Å². The molecule has 98 valence electrons. The van der Waals surface area contributed by atoms with Crippen molar-refractivity contribution in [3.63, 3.8) is 0 Å². The molecule has 1 rings (SSSR count). The summed E-state index contributed by atoms with van der Waals surface area (Å²) in [6, 6.07) is 0.163. The van der Waals surface area contributed by atoms with Crippen LogP contribution >= 0.6 is 0 Å². The number of ketones is 1. The van der Waals surface area contributed by atoms with Gasteiger partial charge in [0.1, 0.15) is 5.78 Å². The molecule has 1 amide bonds. The standard InChI is InChI=1S/C13H24N2O2/c1-10(2)14(4)13(17)9-15-8-6-5-7-12(15)11(3)16/h10,12H,5-9H2,1-4H3. The first-order valence-corrected chi connectivity index (χ1v) is 6.43. The molecule has 0 aliphatic carbocycles. The molecule has 0 aromatic heterocycles. The topological polar surface area (TPSA) is 40.6 Å². The van der Waals surface area contributed by atoms with Crippen molar-refractivity contribution < 1.29 is 9.59 Å². The number of amides is 1. The van der Waals surface area contributed by atoms with E-state index in [0.29, 0.717) is 6.54 Å². The molecule has 1 unspecified atom stereocenters. The Morgan fingerprint density at radius 2 is 2.00 bits per heavy atom. The highest BCUT2D eigenvalue weighted by Gasteiger charge is 2.28. The van der Waals surface area contributed by atoms with Gasteiger partial charge in [0.15, 0.2) is 0 Å². The van der Waals surface area contributed by atoms with E-state index >= 15 is 0 Å². The average Bonchev–Trinajstić information content (AvgIpc) is 2.28. The summed E-state index contributed by atoms with van der Waals surface area (Å²) in [5.41, 5.74) is 0. The fourth-order valence-electron chi connectivity index (χ4n) is 2.21. The first-order chi connectivity index (χ1) is 7.93. The molecule has 4 nitrogen and oxygen atoms in total. The van der Waals surface area contributed by atoms with E-state index in [1.807, 2.05) is 25.8 Å². The number of rotatable bonds is 4. The third-order valence-corrected chi connectivity index (χ3v) is 3.59. The minimum Gasteiger partial charge on any atom is -0.342 e. The van der Waals surface area contributed by atoms with E-state index in [9.17, 15) is 9.59 Å². The number of hydrogen-bond acceptors (Lipinski definition) is 3. The molecule has 1 aliphatic heterocycles. The Morgan fingerprint density at radius 1 is 1.35 bits per heavy atom. The Hall–Kier alpha value is -0.900. The summed E-state index contributed by atoms with van der Waals surface area (Å²) in [5, 5.41) is 0. The van der Waals surface area contributed by atoms with Gasteiger partial charge in [-0.05, 0) is 40.2 Å². The zero-order valence-corrected chi connectivity index (χ0v) is 11.4. The fraction of sp³-hybridized carbons (Fsp3) is 0.846. The van der Waals surface area contributed by atoms with Crippen LogP contribution in [-0.4, -0.2) is 53.7 Å². The Morgan fingerprint density at radius 3 is 2.53 bits per heavy atom. The molecule has 17 heavy (non-hydrogen) atoms. The normalized spacial score (nSPS) is 21.6. The maximum absolute atomic E-state index is 12.0. The molecule has 1 atom stereocenters. The highest BCUT2D eigenvalue weighted by molar-refractivity contribution is 5.83. The smallest absolute Gasteiger partial charge is 0.236 e. The van der Waals surface area contributed by atoms with Crippen LogP contribution in [0.3, 0.4) is 0 Å². The number of likely N-dealkylation sites (tertiary alicyclic amines) is 1. The van der Waals surface area contributed by atoms with Gasteiger partial charge in [-0.2, -0.15) is 0 Å². The molecule has 0 saturated carbocycles. The molecule has 1 aliphatic rings. The van der Waals surface area contributed by atoms with Crippen LogP contribution < -0.4 is 0 Å². The molecular formula is C13H24N2O2. The van der Waals surface area contributed by atoms with Gasteiger partial charge in [-0.15, -0.1) is 0 Å². The van der Waals surface area contributed by atoms with Gasteiger partial charge < -0.3 is 4.90 Å². The van der Waals surface area contributed by atoms with E-state index in [-0.39, 0.29) is 23.8 Å². The minimum atomic E-state index is -0.0479. The highest BCUT2D eigenvalue weighted by atomic mass is 16.2. The van der Waals surface area contributed by atoms with Crippen molar-refractivity contribution >= 4 is 11.7 Å². The first kappa shape index (κ1) is 14.2. The van der Waals surface area contributed by atoms with E-state index in [1.54, 1.807) is 11.8 Å². The molecule has 0 spiro atoms. The van der Waals surface area contributed by atoms with Gasteiger partial charge in [0.2, 0.25) is 5.91 Å². The van der Waals surface area contributed by atoms with E-state index in [2.05, 4.69) is 0 Å². The lowest BCUT2D eigenvalue weighted by Crippen LogP contribution is -2.49. The van der Waals surface area contributed by atoms with Crippen LogP contribution in [0.2, 0.25) is 0 Å². The SMILES string of the molecule is CC(=O)C1CCCCN1CC(=O)N(C)C(C)C. The van der Waals surface area contributed by atoms with Gasteiger partial charge in [0.25, 0.3) is 0 Å². The van der Waals surface area contributed by atoms with Crippen molar-refractivity contribution in [2.24, 2.45) is 0 Å². The van der Waals surface area contributed by atoms with Gasteiger partial charge in [-0.25, -0.2) is 0 Å². The Kier molecular flexibility index (Phi) is 5.12. The number of carbonyl (C=O) groups excluding carboxylic acids is 2. The third kappa shape index (κ3) is 3.80. The number of nitrogens with zero attached hydrogens (tertiary/aromatic N) is 2. The number of Topliss-reactive ketones (excluding diaryl/α,β-unsaturated/α-hetero) is 1. The number of piperidine rings is 1. The first-order valence-electron chi connectivity index (χ1n) is 6.43. The largest absolute Gasteiger partial charge is 0.342 e. The van der Waals surface area contributed by atoms with Crippen molar-refractivity contribution in [1.82, 2.24) is 9.80 Å². The lowest BCUT2D eigenvalue weighted by molar-refractivity contribution is -0.135. The second kappa shape index (κ2) is 6.15. The second-order valence-corrected chi connectivity index (χ2v) is 5.19. The predicted octanol–water partition coefficient (Wildman–Crippen LogP) is 1.30. The molecule has 1 saturated heterocycles. The van der Waals surface area contributed by atoms with Crippen LogP contribution in [0.15, 0.2) is 0 Å². The van der Waals surface area contributed by atoms with Crippen molar-refractivity contribution in [2.75, 3.05) is 20.1 Å².